The van der Waals surface area contributed by atoms with Crippen molar-refractivity contribution >= 4 is 18.0 Å². The van der Waals surface area contributed by atoms with Crippen LogP contribution in [0.25, 0.3) is 11.1 Å². The van der Waals surface area contributed by atoms with Crippen molar-refractivity contribution < 1.29 is 24.2 Å². The highest BCUT2D eigenvalue weighted by molar-refractivity contribution is 6.01. The van der Waals surface area contributed by atoms with E-state index in [1.807, 2.05) is 48.5 Å². The highest BCUT2D eigenvalue weighted by Crippen LogP contribution is 2.44. The first-order chi connectivity index (χ1) is 11.6. The first-order valence-corrected chi connectivity index (χ1v) is 7.46. The Hall–Kier alpha value is -3.15. The van der Waals surface area contributed by atoms with Gasteiger partial charge in [-0.05, 0) is 11.1 Å². The quantitative estimate of drug-likeness (QED) is 0.621. The molecule has 0 spiro atoms. The third-order valence-electron chi connectivity index (χ3n) is 3.85. The van der Waals surface area contributed by atoms with Crippen LogP contribution >= 0.6 is 0 Å². The van der Waals surface area contributed by atoms with E-state index in [9.17, 15) is 14.4 Å². The van der Waals surface area contributed by atoms with Crippen molar-refractivity contribution in [3.63, 3.8) is 0 Å². The summed E-state index contributed by atoms with van der Waals surface area (Å²) in [4.78, 5) is 31.0. The molecule has 2 amide bonds. The minimum Gasteiger partial charge on any atom is -0.450 e. The average Bonchev–Trinajstić information content (AvgIpc) is 3.10. The maximum absolute atomic E-state index is 10.8. The highest BCUT2D eigenvalue weighted by Gasteiger charge is 2.30. The van der Waals surface area contributed by atoms with Gasteiger partial charge in [0.2, 0.25) is 11.8 Å². The van der Waals surface area contributed by atoms with Gasteiger partial charge in [0, 0.05) is 24.0 Å². The van der Waals surface area contributed by atoms with Crippen molar-refractivity contribution in [1.29, 1.82) is 0 Å². The van der Waals surface area contributed by atoms with Crippen LogP contribution in [0.2, 0.25) is 0 Å². The number of rotatable bonds is 1. The zero-order valence-corrected chi connectivity index (χ0v) is 12.7. The van der Waals surface area contributed by atoms with Crippen molar-refractivity contribution in [3.05, 3.63) is 59.7 Å². The molecule has 2 N–H and O–H groups in total. The summed E-state index contributed by atoms with van der Waals surface area (Å²) >= 11 is 0. The average molecular weight is 325 g/mol. The number of nitrogens with one attached hydrogen (secondary N) is 1. The third-order valence-corrected chi connectivity index (χ3v) is 3.85. The van der Waals surface area contributed by atoms with Gasteiger partial charge >= 0.3 is 6.16 Å². The molecule has 24 heavy (non-hydrogen) atoms. The first kappa shape index (κ1) is 15.7. The van der Waals surface area contributed by atoms with E-state index in [0.717, 1.165) is 22.3 Å². The van der Waals surface area contributed by atoms with Gasteiger partial charge < -0.3 is 9.84 Å². The van der Waals surface area contributed by atoms with Gasteiger partial charge in [-0.1, -0.05) is 48.5 Å². The molecule has 2 aliphatic rings. The maximum Gasteiger partial charge on any atom is 0.506 e. The second kappa shape index (κ2) is 6.54. The Morgan fingerprint density at radius 3 is 1.75 bits per heavy atom. The summed E-state index contributed by atoms with van der Waals surface area (Å²) in [6, 6.07) is 15.5. The Morgan fingerprint density at radius 1 is 0.917 bits per heavy atom. The third kappa shape index (κ3) is 3.12. The molecular formula is C18H15NO5. The molecule has 1 aliphatic heterocycles. The number of imide groups is 1. The zero-order valence-electron chi connectivity index (χ0n) is 12.7. The molecule has 6 nitrogen and oxygen atoms in total. The summed E-state index contributed by atoms with van der Waals surface area (Å²) in [5.41, 5.74) is 3.93. The Labute approximate surface area is 138 Å². The number of carboxylic acid groups (broad SMARTS) is 1. The van der Waals surface area contributed by atoms with Gasteiger partial charge in [-0.2, -0.15) is 0 Å². The maximum atomic E-state index is 10.8. The van der Waals surface area contributed by atoms with E-state index >= 15 is 0 Å². The van der Waals surface area contributed by atoms with Crippen LogP contribution in [0.1, 0.15) is 30.1 Å². The lowest BCUT2D eigenvalue weighted by molar-refractivity contribution is -0.124. The van der Waals surface area contributed by atoms with Crippen LogP contribution in [0.3, 0.4) is 0 Å². The summed E-state index contributed by atoms with van der Waals surface area (Å²) in [6.45, 7) is 0. The summed E-state index contributed by atoms with van der Waals surface area (Å²) in [5, 5.41) is 10.9. The number of ether oxygens (including phenoxy) is 1. The second-order valence-corrected chi connectivity index (χ2v) is 5.41. The summed E-state index contributed by atoms with van der Waals surface area (Å²) < 4.78 is 4.98. The predicted octanol–water partition coefficient (Wildman–Crippen LogP) is 2.87. The Bertz CT molecular complexity index is 755. The van der Waals surface area contributed by atoms with Crippen molar-refractivity contribution in [2.75, 3.05) is 0 Å². The topological polar surface area (TPSA) is 92.7 Å². The van der Waals surface area contributed by atoms with E-state index in [-0.39, 0.29) is 11.8 Å². The van der Waals surface area contributed by atoms with Crippen molar-refractivity contribution in [2.24, 2.45) is 0 Å². The molecule has 1 heterocycles. The highest BCUT2D eigenvalue weighted by atomic mass is 16.7. The number of carbonyl (C=O) groups excluding carboxylic acids is 2. The fraction of sp³-hybridized carbons (Fsp3) is 0.167. The predicted molar refractivity (Wildman–Crippen MR) is 85.2 cm³/mol. The minimum absolute atomic E-state index is 0.148. The summed E-state index contributed by atoms with van der Waals surface area (Å²) in [5.74, 6) is -0.296. The number of amides is 2. The normalized spacial score (nSPS) is 15.0. The molecule has 0 bridgehead atoms. The van der Waals surface area contributed by atoms with Gasteiger partial charge in [0.1, 0.15) is 0 Å². The number of hydrogen-bond donors (Lipinski definition) is 2. The summed E-state index contributed by atoms with van der Waals surface area (Å²) in [7, 11) is 0. The fourth-order valence-corrected chi connectivity index (χ4v) is 2.84. The van der Waals surface area contributed by atoms with Crippen LogP contribution in [0.5, 0.6) is 0 Å². The number of carbonyl (C=O) groups is 3. The smallest absolute Gasteiger partial charge is 0.450 e. The van der Waals surface area contributed by atoms with E-state index < -0.39 is 12.3 Å². The largest absolute Gasteiger partial charge is 0.506 e. The molecule has 2 aromatic carbocycles. The monoisotopic (exact) mass is 325 g/mol. The molecular weight excluding hydrogens is 310 g/mol. The lowest BCUT2D eigenvalue weighted by Gasteiger charge is -2.11. The second-order valence-electron chi connectivity index (χ2n) is 5.41. The van der Waals surface area contributed by atoms with Gasteiger partial charge in [-0.25, -0.2) is 4.79 Å². The molecule has 1 saturated heterocycles. The summed E-state index contributed by atoms with van der Waals surface area (Å²) in [6.07, 6.45) is -1.00. The number of benzene rings is 2. The van der Waals surface area contributed by atoms with Crippen LogP contribution < -0.4 is 5.32 Å². The Kier molecular flexibility index (Phi) is 4.29. The Balaban J connectivity index is 0.000000203. The van der Waals surface area contributed by atoms with E-state index in [4.69, 9.17) is 9.84 Å². The first-order valence-electron chi connectivity index (χ1n) is 7.46. The molecule has 0 aromatic heterocycles. The number of fused-ring (bicyclic) bond motifs is 3. The molecule has 1 fully saturated rings. The van der Waals surface area contributed by atoms with Crippen molar-refractivity contribution in [2.45, 2.75) is 18.9 Å². The molecule has 0 radical (unpaired) electrons. The van der Waals surface area contributed by atoms with E-state index in [1.54, 1.807) is 0 Å². The molecule has 4 rings (SSSR count). The van der Waals surface area contributed by atoms with Gasteiger partial charge in [-0.3, -0.25) is 14.9 Å². The molecule has 0 saturated carbocycles. The Morgan fingerprint density at radius 2 is 1.38 bits per heavy atom. The molecule has 2 aromatic rings. The van der Waals surface area contributed by atoms with Crippen LogP contribution in [0.4, 0.5) is 4.79 Å². The van der Waals surface area contributed by atoms with Gasteiger partial charge in [0.15, 0.2) is 6.10 Å². The fourth-order valence-electron chi connectivity index (χ4n) is 2.84. The van der Waals surface area contributed by atoms with Gasteiger partial charge in [-0.15, -0.1) is 0 Å². The molecule has 122 valence electrons. The minimum atomic E-state index is -1.25. The van der Waals surface area contributed by atoms with Crippen molar-refractivity contribution in [3.8, 4) is 11.1 Å². The lowest BCUT2D eigenvalue weighted by Crippen LogP contribution is -2.18. The van der Waals surface area contributed by atoms with E-state index in [2.05, 4.69) is 5.32 Å². The van der Waals surface area contributed by atoms with E-state index in [0.29, 0.717) is 12.8 Å². The van der Waals surface area contributed by atoms with Gasteiger partial charge in [0.25, 0.3) is 0 Å². The zero-order chi connectivity index (χ0) is 17.1. The number of hydrogen-bond acceptors (Lipinski definition) is 4. The van der Waals surface area contributed by atoms with Gasteiger partial charge in [0.05, 0.1) is 0 Å². The molecule has 6 heteroatoms. The van der Waals surface area contributed by atoms with Crippen LogP contribution in [0, 0.1) is 0 Å². The standard InChI is InChI=1S/C14H10O3.C4H5NO2/c15-14(16)17-13-11-7-3-1-5-9(11)10-6-2-4-8-12(10)13;6-3-1-2-4(7)5-3/h1-8,13H,(H,15,16);1-2H2,(H,5,6,7). The lowest BCUT2D eigenvalue weighted by atomic mass is 10.1. The van der Waals surface area contributed by atoms with Crippen molar-refractivity contribution in [1.82, 2.24) is 5.32 Å². The van der Waals surface area contributed by atoms with Crippen LogP contribution in [0.15, 0.2) is 48.5 Å². The molecule has 0 unspecified atom stereocenters. The molecule has 0 atom stereocenters. The van der Waals surface area contributed by atoms with Crippen LogP contribution in [-0.2, 0) is 14.3 Å². The van der Waals surface area contributed by atoms with E-state index in [1.165, 1.54) is 0 Å². The van der Waals surface area contributed by atoms with Crippen LogP contribution in [-0.4, -0.2) is 23.1 Å². The molecule has 1 aliphatic carbocycles. The SMILES string of the molecule is O=C(O)OC1c2ccccc2-c2ccccc21.O=C1CCC(=O)N1.